The van der Waals surface area contributed by atoms with Crippen LogP contribution in [0, 0.1) is 0 Å². The third-order valence-electron chi connectivity index (χ3n) is 1.88. The lowest BCUT2D eigenvalue weighted by atomic mass is 9.85. The lowest BCUT2D eigenvalue weighted by molar-refractivity contribution is 0.374. The molecule has 0 atom stereocenters. The van der Waals surface area contributed by atoms with Gasteiger partial charge in [-0.3, -0.25) is 0 Å². The maximum Gasteiger partial charge on any atom is 0.164 e. The van der Waals surface area contributed by atoms with E-state index in [-0.39, 0.29) is 17.2 Å². The van der Waals surface area contributed by atoms with Crippen LogP contribution in [-0.4, -0.2) is 15.3 Å². The van der Waals surface area contributed by atoms with Crippen molar-refractivity contribution < 1.29 is 15.3 Å². The molecular weight excluding hydrogens is 168 g/mol. The van der Waals surface area contributed by atoms with Crippen LogP contribution in [0.25, 0.3) is 0 Å². The van der Waals surface area contributed by atoms with Crippen LogP contribution in [0.4, 0.5) is 0 Å². The highest BCUT2D eigenvalue weighted by atomic mass is 16.3. The Hall–Kier alpha value is -1.38. The molecule has 0 aliphatic rings. The van der Waals surface area contributed by atoms with Gasteiger partial charge in [-0.15, -0.1) is 0 Å². The molecule has 0 amide bonds. The molecule has 0 bridgehead atoms. The highest BCUT2D eigenvalue weighted by molar-refractivity contribution is 5.54. The Morgan fingerprint density at radius 2 is 1.38 bits per heavy atom. The van der Waals surface area contributed by atoms with Gasteiger partial charge in [-0.05, 0) is 17.5 Å². The van der Waals surface area contributed by atoms with Crippen molar-refractivity contribution in [3.05, 3.63) is 17.7 Å². The zero-order chi connectivity index (χ0) is 10.2. The van der Waals surface area contributed by atoms with Crippen molar-refractivity contribution in [2.75, 3.05) is 0 Å². The summed E-state index contributed by atoms with van der Waals surface area (Å²) in [6, 6.07) is 2.63. The third kappa shape index (κ3) is 1.69. The summed E-state index contributed by atoms with van der Waals surface area (Å²) in [5.41, 5.74) is -0.0279. The second-order valence-electron chi connectivity index (χ2n) is 4.08. The van der Waals surface area contributed by atoms with Crippen molar-refractivity contribution in [2.45, 2.75) is 26.2 Å². The number of hydrogen-bond donors (Lipinski definition) is 3. The molecule has 0 saturated heterocycles. The van der Waals surface area contributed by atoms with Gasteiger partial charge in [0.1, 0.15) is 5.75 Å². The van der Waals surface area contributed by atoms with Gasteiger partial charge in [0.25, 0.3) is 0 Å². The van der Waals surface area contributed by atoms with Gasteiger partial charge in [0.05, 0.1) is 0 Å². The first kappa shape index (κ1) is 9.71. The minimum Gasteiger partial charge on any atom is -0.508 e. The summed E-state index contributed by atoms with van der Waals surface area (Å²) in [6.07, 6.45) is 0. The Morgan fingerprint density at radius 3 is 1.77 bits per heavy atom. The fourth-order valence-corrected chi connectivity index (χ4v) is 1.31. The van der Waals surface area contributed by atoms with Crippen molar-refractivity contribution >= 4 is 0 Å². The SMILES string of the molecule is CC(C)(C)c1c(O)ccc(O)c1O. The van der Waals surface area contributed by atoms with Crippen LogP contribution in [0.3, 0.4) is 0 Å². The minimum absolute atomic E-state index is 0.00259. The fourth-order valence-electron chi connectivity index (χ4n) is 1.31. The van der Waals surface area contributed by atoms with E-state index in [4.69, 9.17) is 0 Å². The topological polar surface area (TPSA) is 60.7 Å². The van der Waals surface area contributed by atoms with Crippen LogP contribution in [0.2, 0.25) is 0 Å². The summed E-state index contributed by atoms with van der Waals surface area (Å²) in [5, 5.41) is 28.2. The lowest BCUT2D eigenvalue weighted by Gasteiger charge is -2.21. The van der Waals surface area contributed by atoms with Crippen LogP contribution in [-0.2, 0) is 5.41 Å². The molecule has 0 radical (unpaired) electrons. The predicted molar refractivity (Wildman–Crippen MR) is 50.1 cm³/mol. The van der Waals surface area contributed by atoms with Crippen molar-refractivity contribution in [1.82, 2.24) is 0 Å². The van der Waals surface area contributed by atoms with Crippen LogP contribution in [0.15, 0.2) is 12.1 Å². The molecule has 3 nitrogen and oxygen atoms in total. The monoisotopic (exact) mass is 182 g/mol. The van der Waals surface area contributed by atoms with E-state index < -0.39 is 5.41 Å². The molecule has 0 heterocycles. The number of phenolic OH excluding ortho intramolecular Hbond substituents is 3. The Morgan fingerprint density at radius 1 is 0.923 bits per heavy atom. The standard InChI is InChI=1S/C10H14O3/c1-10(2,3)8-6(11)4-5-7(12)9(8)13/h4-5,11-13H,1-3H3. The van der Waals surface area contributed by atoms with E-state index in [1.165, 1.54) is 12.1 Å². The Bertz CT molecular complexity index is 324. The zero-order valence-electron chi connectivity index (χ0n) is 8.00. The van der Waals surface area contributed by atoms with E-state index in [1.807, 2.05) is 20.8 Å². The van der Waals surface area contributed by atoms with Crippen LogP contribution in [0.1, 0.15) is 26.3 Å². The number of phenols is 3. The normalized spacial score (nSPS) is 11.6. The van der Waals surface area contributed by atoms with Gasteiger partial charge in [0.15, 0.2) is 11.5 Å². The Balaban J connectivity index is 3.43. The molecule has 1 aromatic carbocycles. The summed E-state index contributed by atoms with van der Waals surface area (Å²) < 4.78 is 0. The number of aromatic hydroxyl groups is 3. The molecule has 0 aromatic heterocycles. The van der Waals surface area contributed by atoms with Crippen molar-refractivity contribution in [2.24, 2.45) is 0 Å². The zero-order valence-corrected chi connectivity index (χ0v) is 8.00. The van der Waals surface area contributed by atoms with Crippen molar-refractivity contribution in [1.29, 1.82) is 0 Å². The molecule has 1 rings (SSSR count). The molecule has 0 aliphatic carbocycles. The van der Waals surface area contributed by atoms with Gasteiger partial charge in [-0.1, -0.05) is 20.8 Å². The summed E-state index contributed by atoms with van der Waals surface area (Å²) in [5.74, 6) is -0.446. The molecule has 13 heavy (non-hydrogen) atoms. The number of rotatable bonds is 0. The van der Waals surface area contributed by atoms with Gasteiger partial charge in [-0.25, -0.2) is 0 Å². The van der Waals surface area contributed by atoms with E-state index in [9.17, 15) is 15.3 Å². The lowest BCUT2D eigenvalue weighted by Crippen LogP contribution is -2.11. The largest absolute Gasteiger partial charge is 0.508 e. The van der Waals surface area contributed by atoms with Crippen LogP contribution >= 0.6 is 0 Å². The number of hydrogen-bond acceptors (Lipinski definition) is 3. The van der Waals surface area contributed by atoms with E-state index in [0.29, 0.717) is 5.56 Å². The second-order valence-corrected chi connectivity index (χ2v) is 4.08. The molecule has 0 spiro atoms. The molecule has 3 N–H and O–H groups in total. The van der Waals surface area contributed by atoms with Crippen molar-refractivity contribution in [3.8, 4) is 17.2 Å². The van der Waals surface area contributed by atoms with Crippen LogP contribution in [0.5, 0.6) is 17.2 Å². The fraction of sp³-hybridized carbons (Fsp3) is 0.400. The first-order valence-corrected chi connectivity index (χ1v) is 4.08. The molecular formula is C10H14O3. The predicted octanol–water partition coefficient (Wildman–Crippen LogP) is 2.10. The molecule has 0 fully saturated rings. The molecule has 72 valence electrons. The molecule has 1 aromatic rings. The van der Waals surface area contributed by atoms with Gasteiger partial charge >= 0.3 is 0 Å². The summed E-state index contributed by atoms with van der Waals surface area (Å²) >= 11 is 0. The molecule has 0 saturated carbocycles. The van der Waals surface area contributed by atoms with E-state index in [1.54, 1.807) is 0 Å². The summed E-state index contributed by atoms with van der Waals surface area (Å²) in [4.78, 5) is 0. The first-order valence-electron chi connectivity index (χ1n) is 4.08. The molecule has 0 aliphatic heterocycles. The van der Waals surface area contributed by atoms with E-state index in [2.05, 4.69) is 0 Å². The third-order valence-corrected chi connectivity index (χ3v) is 1.88. The number of benzene rings is 1. The van der Waals surface area contributed by atoms with E-state index in [0.717, 1.165) is 0 Å². The molecule has 3 heteroatoms. The van der Waals surface area contributed by atoms with E-state index >= 15 is 0 Å². The Labute approximate surface area is 77.3 Å². The first-order chi connectivity index (χ1) is 5.84. The summed E-state index contributed by atoms with van der Waals surface area (Å²) in [7, 11) is 0. The second kappa shape index (κ2) is 2.83. The quantitative estimate of drug-likeness (QED) is 0.425. The van der Waals surface area contributed by atoms with Gasteiger partial charge in [-0.2, -0.15) is 0 Å². The average Bonchev–Trinajstić information content (AvgIpc) is 1.95. The Kier molecular flexibility index (Phi) is 2.12. The smallest absolute Gasteiger partial charge is 0.164 e. The van der Waals surface area contributed by atoms with Gasteiger partial charge in [0.2, 0.25) is 0 Å². The average molecular weight is 182 g/mol. The maximum atomic E-state index is 9.50. The van der Waals surface area contributed by atoms with Gasteiger partial charge in [0, 0.05) is 5.56 Å². The van der Waals surface area contributed by atoms with Crippen molar-refractivity contribution in [3.63, 3.8) is 0 Å². The highest BCUT2D eigenvalue weighted by Crippen LogP contribution is 2.42. The molecule has 0 unspecified atom stereocenters. The minimum atomic E-state index is -0.396. The maximum absolute atomic E-state index is 9.50. The summed E-state index contributed by atoms with van der Waals surface area (Å²) in [6.45, 7) is 5.55. The van der Waals surface area contributed by atoms with Crippen LogP contribution < -0.4 is 0 Å². The highest BCUT2D eigenvalue weighted by Gasteiger charge is 2.23. The van der Waals surface area contributed by atoms with Gasteiger partial charge < -0.3 is 15.3 Å².